The molecule has 0 fully saturated rings. The first-order valence-electron chi connectivity index (χ1n) is 6.16. The van der Waals surface area contributed by atoms with Crippen molar-refractivity contribution in [1.29, 1.82) is 0 Å². The number of benzene rings is 1. The molecule has 0 amide bonds. The van der Waals surface area contributed by atoms with Crippen LogP contribution in [0.15, 0.2) is 18.2 Å². The van der Waals surface area contributed by atoms with Gasteiger partial charge in [-0.3, -0.25) is 0 Å². The fourth-order valence-electron chi connectivity index (χ4n) is 1.63. The molecule has 17 heavy (non-hydrogen) atoms. The van der Waals surface area contributed by atoms with Gasteiger partial charge in [0.1, 0.15) is 0 Å². The van der Waals surface area contributed by atoms with E-state index < -0.39 is 0 Å². The van der Waals surface area contributed by atoms with Crippen molar-refractivity contribution >= 4 is 23.2 Å². The van der Waals surface area contributed by atoms with E-state index >= 15 is 0 Å². The largest absolute Gasteiger partial charge is 0.310 e. The molecule has 3 heteroatoms. The van der Waals surface area contributed by atoms with Crippen LogP contribution in [0.5, 0.6) is 0 Å². The Hall–Kier alpha value is -0.240. The molecule has 96 valence electrons. The average Bonchev–Trinajstić information content (AvgIpc) is 2.28. The van der Waals surface area contributed by atoms with Crippen LogP contribution >= 0.6 is 23.2 Å². The highest BCUT2D eigenvalue weighted by atomic mass is 35.5. The lowest BCUT2D eigenvalue weighted by atomic mass is 10.0. The summed E-state index contributed by atoms with van der Waals surface area (Å²) in [6.45, 7) is 7.58. The number of rotatable bonds is 6. The average molecular weight is 274 g/mol. The van der Waals surface area contributed by atoms with E-state index in [1.165, 1.54) is 18.4 Å². The molecular weight excluding hydrogens is 253 g/mol. The van der Waals surface area contributed by atoms with Crippen LogP contribution in [0.1, 0.15) is 39.2 Å². The third-order valence-electron chi connectivity index (χ3n) is 2.82. The molecule has 0 saturated carbocycles. The monoisotopic (exact) mass is 273 g/mol. The second kappa shape index (κ2) is 7.25. The van der Waals surface area contributed by atoms with Crippen molar-refractivity contribution in [1.82, 2.24) is 5.32 Å². The Kier molecular flexibility index (Phi) is 6.32. The summed E-state index contributed by atoms with van der Waals surface area (Å²) in [5.41, 5.74) is 1.18. The molecule has 0 aromatic heterocycles. The number of hydrogen-bond donors (Lipinski definition) is 1. The Labute approximate surface area is 115 Å². The fraction of sp³-hybridized carbons (Fsp3) is 0.571. The molecule has 0 saturated heterocycles. The topological polar surface area (TPSA) is 12.0 Å². The Balaban J connectivity index is 2.36. The molecule has 1 nitrogen and oxygen atoms in total. The van der Waals surface area contributed by atoms with Gasteiger partial charge in [-0.15, -0.1) is 0 Å². The fourth-order valence-corrected chi connectivity index (χ4v) is 1.95. The van der Waals surface area contributed by atoms with Gasteiger partial charge >= 0.3 is 0 Å². The smallest absolute Gasteiger partial charge is 0.0595 e. The van der Waals surface area contributed by atoms with Crippen molar-refractivity contribution in [2.24, 2.45) is 5.92 Å². The zero-order chi connectivity index (χ0) is 12.8. The van der Waals surface area contributed by atoms with E-state index in [2.05, 4.69) is 26.1 Å². The van der Waals surface area contributed by atoms with Gasteiger partial charge in [0.25, 0.3) is 0 Å². The number of hydrogen-bond acceptors (Lipinski definition) is 1. The zero-order valence-corrected chi connectivity index (χ0v) is 12.3. The van der Waals surface area contributed by atoms with Crippen molar-refractivity contribution < 1.29 is 0 Å². The first-order valence-corrected chi connectivity index (χ1v) is 6.92. The predicted molar refractivity (Wildman–Crippen MR) is 76.8 cm³/mol. The molecule has 0 spiro atoms. The molecule has 0 bridgehead atoms. The van der Waals surface area contributed by atoms with Gasteiger partial charge in [-0.1, -0.05) is 43.1 Å². The molecule has 1 unspecified atom stereocenters. The maximum Gasteiger partial charge on any atom is 0.0595 e. The quantitative estimate of drug-likeness (QED) is 0.777. The van der Waals surface area contributed by atoms with E-state index in [0.29, 0.717) is 16.1 Å². The third kappa shape index (κ3) is 5.76. The van der Waals surface area contributed by atoms with E-state index in [9.17, 15) is 0 Å². The van der Waals surface area contributed by atoms with Crippen LogP contribution < -0.4 is 5.32 Å². The lowest BCUT2D eigenvalue weighted by Crippen LogP contribution is -2.25. The molecule has 1 aromatic carbocycles. The zero-order valence-electron chi connectivity index (χ0n) is 10.8. The first-order chi connectivity index (χ1) is 7.99. The van der Waals surface area contributed by atoms with Gasteiger partial charge in [0, 0.05) is 12.6 Å². The molecule has 1 rings (SSSR count). The molecule has 0 heterocycles. The minimum atomic E-state index is 0.534. The van der Waals surface area contributed by atoms with Gasteiger partial charge in [-0.25, -0.2) is 0 Å². The second-order valence-corrected chi connectivity index (χ2v) is 5.82. The molecule has 1 atom stereocenters. The minimum Gasteiger partial charge on any atom is -0.310 e. The van der Waals surface area contributed by atoms with Crippen molar-refractivity contribution in [3.8, 4) is 0 Å². The van der Waals surface area contributed by atoms with Gasteiger partial charge in [0.15, 0.2) is 0 Å². The van der Waals surface area contributed by atoms with Crippen molar-refractivity contribution in [2.45, 2.75) is 46.2 Å². The van der Waals surface area contributed by atoms with E-state index in [1.807, 2.05) is 18.2 Å². The summed E-state index contributed by atoms with van der Waals surface area (Å²) in [7, 11) is 0. The predicted octanol–water partition coefficient (Wildman–Crippen LogP) is 4.91. The van der Waals surface area contributed by atoms with Gasteiger partial charge in [0.2, 0.25) is 0 Å². The Bertz CT molecular complexity index is 350. The second-order valence-electron chi connectivity index (χ2n) is 5.00. The summed E-state index contributed by atoms with van der Waals surface area (Å²) in [5.74, 6) is 0.768. The highest BCUT2D eigenvalue weighted by Crippen LogP contribution is 2.22. The number of nitrogens with one attached hydrogen (secondary N) is 1. The first kappa shape index (κ1) is 14.8. The van der Waals surface area contributed by atoms with Crippen LogP contribution in [0.3, 0.4) is 0 Å². The Morgan fingerprint density at radius 3 is 2.35 bits per heavy atom. The van der Waals surface area contributed by atoms with Gasteiger partial charge < -0.3 is 5.32 Å². The van der Waals surface area contributed by atoms with Crippen LogP contribution in [0.4, 0.5) is 0 Å². The van der Waals surface area contributed by atoms with Gasteiger partial charge in [-0.2, -0.15) is 0 Å². The van der Waals surface area contributed by atoms with Gasteiger partial charge in [-0.05, 0) is 43.4 Å². The Morgan fingerprint density at radius 2 is 1.76 bits per heavy atom. The van der Waals surface area contributed by atoms with Gasteiger partial charge in [0.05, 0.1) is 10.0 Å². The van der Waals surface area contributed by atoms with Crippen LogP contribution in [0.2, 0.25) is 10.0 Å². The summed E-state index contributed by atoms with van der Waals surface area (Å²) in [6.07, 6.45) is 2.47. The van der Waals surface area contributed by atoms with Crippen molar-refractivity contribution in [3.05, 3.63) is 33.8 Å². The van der Waals surface area contributed by atoms with Crippen LogP contribution in [-0.2, 0) is 6.54 Å². The molecule has 0 radical (unpaired) electrons. The highest BCUT2D eigenvalue weighted by molar-refractivity contribution is 6.42. The standard InChI is InChI=1S/C14H21Cl2N/c1-10(2)4-5-11(3)17-9-12-6-7-13(15)14(16)8-12/h6-8,10-11,17H,4-5,9H2,1-3H3. The van der Waals surface area contributed by atoms with Crippen LogP contribution in [0, 0.1) is 5.92 Å². The van der Waals surface area contributed by atoms with Crippen molar-refractivity contribution in [3.63, 3.8) is 0 Å². The van der Waals surface area contributed by atoms with E-state index in [0.717, 1.165) is 12.5 Å². The Morgan fingerprint density at radius 1 is 1.06 bits per heavy atom. The highest BCUT2D eigenvalue weighted by Gasteiger charge is 2.04. The van der Waals surface area contributed by atoms with Crippen LogP contribution in [-0.4, -0.2) is 6.04 Å². The number of halogens is 2. The SMILES string of the molecule is CC(C)CCC(C)NCc1ccc(Cl)c(Cl)c1. The minimum absolute atomic E-state index is 0.534. The van der Waals surface area contributed by atoms with E-state index in [-0.39, 0.29) is 0 Å². The lowest BCUT2D eigenvalue weighted by molar-refractivity contribution is 0.451. The molecule has 1 N–H and O–H groups in total. The normalized spacial score (nSPS) is 13.1. The van der Waals surface area contributed by atoms with Crippen LogP contribution in [0.25, 0.3) is 0 Å². The maximum atomic E-state index is 5.97. The maximum absolute atomic E-state index is 5.97. The van der Waals surface area contributed by atoms with E-state index in [1.54, 1.807) is 0 Å². The molecule has 0 aliphatic carbocycles. The molecular formula is C14H21Cl2N. The summed E-state index contributed by atoms with van der Waals surface area (Å²) in [4.78, 5) is 0. The van der Waals surface area contributed by atoms with Crippen molar-refractivity contribution in [2.75, 3.05) is 0 Å². The molecule has 0 aliphatic rings. The molecule has 0 aliphatic heterocycles. The third-order valence-corrected chi connectivity index (χ3v) is 3.55. The summed E-state index contributed by atoms with van der Waals surface area (Å²) in [5, 5.41) is 4.74. The summed E-state index contributed by atoms with van der Waals surface area (Å²) < 4.78 is 0. The lowest BCUT2D eigenvalue weighted by Gasteiger charge is -2.15. The summed E-state index contributed by atoms with van der Waals surface area (Å²) in [6, 6.07) is 6.31. The van der Waals surface area contributed by atoms with E-state index in [4.69, 9.17) is 23.2 Å². The molecule has 1 aromatic rings. The summed E-state index contributed by atoms with van der Waals surface area (Å²) >= 11 is 11.8.